The molecule has 3 aromatic rings. The molecule has 0 fully saturated rings. The fourth-order valence-electron chi connectivity index (χ4n) is 2.47. The lowest BCUT2D eigenvalue weighted by molar-refractivity contribution is 0.0951. The monoisotopic (exact) mass is 350 g/mol. The first-order valence-electron chi connectivity index (χ1n) is 8.59. The summed E-state index contributed by atoms with van der Waals surface area (Å²) in [6, 6.07) is 15.5. The molecule has 7 nitrogen and oxygen atoms in total. The lowest BCUT2D eigenvalue weighted by Crippen LogP contribution is -2.24. The van der Waals surface area contributed by atoms with Crippen LogP contribution in [0.4, 0.5) is 5.69 Å². The van der Waals surface area contributed by atoms with Gasteiger partial charge in [-0.3, -0.25) is 4.79 Å². The number of hydrogen-bond donors (Lipinski definition) is 2. The minimum atomic E-state index is -0.126. The molecule has 0 bridgehead atoms. The maximum absolute atomic E-state index is 12.6. The van der Waals surface area contributed by atoms with E-state index in [0.29, 0.717) is 31.0 Å². The molecule has 0 aliphatic carbocycles. The van der Waals surface area contributed by atoms with E-state index in [2.05, 4.69) is 26.0 Å². The van der Waals surface area contributed by atoms with E-state index in [1.165, 1.54) is 10.4 Å². The number of aromatic nitrogens is 4. The first kappa shape index (κ1) is 17.6. The predicted octanol–water partition coefficient (Wildman–Crippen LogP) is 2.54. The number of anilines is 1. The molecule has 0 saturated carbocycles. The van der Waals surface area contributed by atoms with E-state index in [4.69, 9.17) is 0 Å². The number of tetrazole rings is 1. The quantitative estimate of drug-likeness (QED) is 0.684. The number of carbonyl (C=O) groups excluding carboxylic acids is 1. The Hall–Kier alpha value is -3.22. The van der Waals surface area contributed by atoms with Gasteiger partial charge in [-0.2, -0.15) is 4.80 Å². The smallest absolute Gasteiger partial charge is 0.253 e. The fraction of sp³-hybridized carbons (Fsp3) is 0.263. The van der Waals surface area contributed by atoms with Crippen LogP contribution in [0.25, 0.3) is 0 Å². The molecule has 0 unspecified atom stereocenters. The fourth-order valence-corrected chi connectivity index (χ4v) is 2.47. The zero-order valence-electron chi connectivity index (χ0n) is 14.9. The Morgan fingerprint density at radius 2 is 1.85 bits per heavy atom. The van der Waals surface area contributed by atoms with Crippen molar-refractivity contribution in [1.82, 2.24) is 25.5 Å². The second-order valence-corrected chi connectivity index (χ2v) is 5.96. The van der Waals surface area contributed by atoms with Crippen LogP contribution in [0.15, 0.2) is 48.5 Å². The van der Waals surface area contributed by atoms with E-state index in [9.17, 15) is 4.79 Å². The van der Waals surface area contributed by atoms with Gasteiger partial charge in [0.1, 0.15) is 0 Å². The maximum atomic E-state index is 12.6. The van der Waals surface area contributed by atoms with Crippen LogP contribution < -0.4 is 10.6 Å². The molecule has 1 aromatic heterocycles. The summed E-state index contributed by atoms with van der Waals surface area (Å²) in [7, 11) is 0. The highest BCUT2D eigenvalue weighted by atomic mass is 16.1. The third-order valence-corrected chi connectivity index (χ3v) is 3.96. The summed E-state index contributed by atoms with van der Waals surface area (Å²) in [5.41, 5.74) is 3.59. The number of aryl methyl sites for hydroxylation is 2. The highest BCUT2D eigenvalue weighted by Gasteiger charge is 2.11. The van der Waals surface area contributed by atoms with Gasteiger partial charge in [0.05, 0.1) is 18.7 Å². The van der Waals surface area contributed by atoms with Crippen molar-refractivity contribution in [2.24, 2.45) is 0 Å². The van der Waals surface area contributed by atoms with E-state index >= 15 is 0 Å². The van der Waals surface area contributed by atoms with Crippen LogP contribution >= 0.6 is 0 Å². The minimum Gasteiger partial charge on any atom is -0.377 e. The molecule has 2 aromatic carbocycles. The normalized spacial score (nSPS) is 10.5. The Balaban J connectivity index is 1.63. The van der Waals surface area contributed by atoms with E-state index in [0.717, 1.165) is 11.3 Å². The van der Waals surface area contributed by atoms with Crippen LogP contribution in [0.3, 0.4) is 0 Å². The number of carbonyl (C=O) groups is 1. The Bertz CT molecular complexity index is 872. The molecule has 7 heteroatoms. The van der Waals surface area contributed by atoms with E-state index in [-0.39, 0.29) is 5.91 Å². The SMILES string of the molecule is CCn1nnc(CNc2ccccc2C(=O)NCc2ccc(C)cc2)n1. The number of nitrogens with one attached hydrogen (secondary N) is 2. The summed E-state index contributed by atoms with van der Waals surface area (Å²) in [6.07, 6.45) is 0. The summed E-state index contributed by atoms with van der Waals surface area (Å²) in [5.74, 6) is 0.459. The molecule has 3 rings (SSSR count). The highest BCUT2D eigenvalue weighted by Crippen LogP contribution is 2.16. The second-order valence-electron chi connectivity index (χ2n) is 5.96. The Morgan fingerprint density at radius 1 is 1.08 bits per heavy atom. The Kier molecular flexibility index (Phi) is 5.58. The van der Waals surface area contributed by atoms with Gasteiger partial charge in [-0.05, 0) is 36.8 Å². The van der Waals surface area contributed by atoms with Crippen molar-refractivity contribution < 1.29 is 4.79 Å². The predicted molar refractivity (Wildman–Crippen MR) is 99.6 cm³/mol. The lowest BCUT2D eigenvalue weighted by atomic mass is 10.1. The molecular formula is C19H22N6O. The molecule has 0 radical (unpaired) electrons. The molecular weight excluding hydrogens is 328 g/mol. The van der Waals surface area contributed by atoms with Crippen molar-refractivity contribution >= 4 is 11.6 Å². The molecule has 26 heavy (non-hydrogen) atoms. The Labute approximate surface area is 152 Å². The molecule has 0 atom stereocenters. The van der Waals surface area contributed by atoms with Crippen molar-refractivity contribution in [3.63, 3.8) is 0 Å². The summed E-state index contributed by atoms with van der Waals surface area (Å²) < 4.78 is 0. The molecule has 1 amide bonds. The third-order valence-electron chi connectivity index (χ3n) is 3.96. The standard InChI is InChI=1S/C19H22N6O/c1-3-25-23-18(22-24-25)13-20-17-7-5-4-6-16(17)19(26)21-12-15-10-8-14(2)9-11-15/h4-11,20H,3,12-13H2,1-2H3,(H,21,26). The van der Waals surface area contributed by atoms with Gasteiger partial charge >= 0.3 is 0 Å². The molecule has 2 N–H and O–H groups in total. The maximum Gasteiger partial charge on any atom is 0.253 e. The summed E-state index contributed by atoms with van der Waals surface area (Å²) in [5, 5.41) is 18.3. The average molecular weight is 350 g/mol. The van der Waals surface area contributed by atoms with Crippen molar-refractivity contribution in [3.05, 3.63) is 71.0 Å². The van der Waals surface area contributed by atoms with Crippen LogP contribution in [0, 0.1) is 6.92 Å². The number of amides is 1. The number of rotatable bonds is 7. The summed E-state index contributed by atoms with van der Waals surface area (Å²) in [4.78, 5) is 14.1. The largest absolute Gasteiger partial charge is 0.377 e. The number of nitrogens with zero attached hydrogens (tertiary/aromatic N) is 4. The third kappa shape index (κ3) is 4.44. The van der Waals surface area contributed by atoms with Crippen LogP contribution in [-0.4, -0.2) is 26.1 Å². The lowest BCUT2D eigenvalue weighted by Gasteiger charge is -2.11. The van der Waals surface area contributed by atoms with Gasteiger partial charge in [-0.25, -0.2) is 0 Å². The first-order chi connectivity index (χ1) is 12.7. The molecule has 1 heterocycles. The van der Waals surface area contributed by atoms with Gasteiger partial charge in [0.25, 0.3) is 5.91 Å². The Morgan fingerprint density at radius 3 is 2.58 bits per heavy atom. The van der Waals surface area contributed by atoms with Crippen LogP contribution in [0.1, 0.15) is 34.2 Å². The van der Waals surface area contributed by atoms with Crippen LogP contribution in [0.2, 0.25) is 0 Å². The van der Waals surface area contributed by atoms with Gasteiger partial charge in [-0.15, -0.1) is 10.2 Å². The summed E-state index contributed by atoms with van der Waals surface area (Å²) >= 11 is 0. The van der Waals surface area contributed by atoms with Gasteiger partial charge in [0, 0.05) is 12.2 Å². The number of benzene rings is 2. The number of para-hydroxylation sites is 1. The molecule has 0 aliphatic heterocycles. The summed E-state index contributed by atoms with van der Waals surface area (Å²) in [6.45, 7) is 5.55. The molecule has 0 saturated heterocycles. The molecule has 0 aliphatic rings. The molecule has 0 spiro atoms. The van der Waals surface area contributed by atoms with Crippen molar-refractivity contribution in [3.8, 4) is 0 Å². The van der Waals surface area contributed by atoms with Gasteiger partial charge < -0.3 is 10.6 Å². The van der Waals surface area contributed by atoms with Crippen molar-refractivity contribution in [2.45, 2.75) is 33.5 Å². The van der Waals surface area contributed by atoms with Gasteiger partial charge in [0.15, 0.2) is 5.82 Å². The van der Waals surface area contributed by atoms with Gasteiger partial charge in [-0.1, -0.05) is 42.0 Å². The topological polar surface area (TPSA) is 84.7 Å². The highest BCUT2D eigenvalue weighted by molar-refractivity contribution is 5.99. The van der Waals surface area contributed by atoms with E-state index < -0.39 is 0 Å². The van der Waals surface area contributed by atoms with Gasteiger partial charge in [0.2, 0.25) is 0 Å². The zero-order chi connectivity index (χ0) is 18.4. The van der Waals surface area contributed by atoms with Crippen molar-refractivity contribution in [2.75, 3.05) is 5.32 Å². The van der Waals surface area contributed by atoms with Crippen molar-refractivity contribution in [1.29, 1.82) is 0 Å². The van der Waals surface area contributed by atoms with E-state index in [1.54, 1.807) is 6.07 Å². The minimum absolute atomic E-state index is 0.126. The zero-order valence-corrected chi connectivity index (χ0v) is 14.9. The average Bonchev–Trinajstić information content (AvgIpc) is 3.14. The molecule has 134 valence electrons. The van der Waals surface area contributed by atoms with Crippen LogP contribution in [-0.2, 0) is 19.6 Å². The number of hydrogen-bond acceptors (Lipinski definition) is 5. The first-order valence-corrected chi connectivity index (χ1v) is 8.59. The van der Waals surface area contributed by atoms with Crippen LogP contribution in [0.5, 0.6) is 0 Å². The van der Waals surface area contributed by atoms with E-state index in [1.807, 2.05) is 56.3 Å². The second kappa shape index (κ2) is 8.24.